The Morgan fingerprint density at radius 2 is 1.45 bits per heavy atom. The summed E-state index contributed by atoms with van der Waals surface area (Å²) in [5.74, 6) is -0.853. The third-order valence-electron chi connectivity index (χ3n) is 3.18. The average molecular weight is 286 g/mol. The summed E-state index contributed by atoms with van der Waals surface area (Å²) in [4.78, 5) is 22.6. The van der Waals surface area contributed by atoms with Gasteiger partial charge in [0.15, 0.2) is 6.10 Å². The summed E-state index contributed by atoms with van der Waals surface area (Å²) in [5.41, 5.74) is 0. The Bertz CT molecular complexity index is 263. The van der Waals surface area contributed by atoms with Crippen molar-refractivity contribution in [2.75, 3.05) is 6.61 Å². The second-order valence-electron chi connectivity index (χ2n) is 5.11. The molecule has 0 amide bonds. The van der Waals surface area contributed by atoms with E-state index in [1.54, 1.807) is 6.92 Å². The SMILES string of the molecule is CCCCCCCCCCC(OC(C)=O)C(=O)OCC. The van der Waals surface area contributed by atoms with Crippen LogP contribution >= 0.6 is 0 Å². The number of unbranched alkanes of at least 4 members (excludes halogenated alkanes) is 7. The number of hydrogen-bond acceptors (Lipinski definition) is 4. The van der Waals surface area contributed by atoms with Crippen molar-refractivity contribution in [2.24, 2.45) is 0 Å². The van der Waals surface area contributed by atoms with E-state index in [0.29, 0.717) is 13.0 Å². The van der Waals surface area contributed by atoms with Gasteiger partial charge in [-0.05, 0) is 19.8 Å². The molecule has 0 aliphatic heterocycles. The molecule has 20 heavy (non-hydrogen) atoms. The van der Waals surface area contributed by atoms with E-state index in [2.05, 4.69) is 6.92 Å². The van der Waals surface area contributed by atoms with E-state index < -0.39 is 18.0 Å². The summed E-state index contributed by atoms with van der Waals surface area (Å²) in [6.45, 7) is 5.59. The highest BCUT2D eigenvalue weighted by molar-refractivity contribution is 5.78. The molecule has 0 aromatic heterocycles. The van der Waals surface area contributed by atoms with Crippen LogP contribution in [-0.4, -0.2) is 24.6 Å². The molecule has 0 spiro atoms. The minimum atomic E-state index is -0.729. The second kappa shape index (κ2) is 12.9. The van der Waals surface area contributed by atoms with E-state index in [-0.39, 0.29) is 0 Å². The Balaban J connectivity index is 3.73. The molecule has 0 saturated heterocycles. The Morgan fingerprint density at radius 1 is 0.900 bits per heavy atom. The summed E-state index contributed by atoms with van der Waals surface area (Å²) >= 11 is 0. The van der Waals surface area contributed by atoms with Crippen molar-refractivity contribution in [1.29, 1.82) is 0 Å². The van der Waals surface area contributed by atoms with Gasteiger partial charge in [0.25, 0.3) is 0 Å². The molecule has 0 bridgehead atoms. The van der Waals surface area contributed by atoms with Gasteiger partial charge in [0, 0.05) is 6.92 Å². The van der Waals surface area contributed by atoms with Crippen molar-refractivity contribution < 1.29 is 19.1 Å². The fourth-order valence-corrected chi connectivity index (χ4v) is 2.12. The Labute approximate surface area is 123 Å². The Morgan fingerprint density at radius 3 is 1.95 bits per heavy atom. The lowest BCUT2D eigenvalue weighted by Gasteiger charge is -2.15. The first-order valence-corrected chi connectivity index (χ1v) is 7.95. The summed E-state index contributed by atoms with van der Waals surface area (Å²) in [7, 11) is 0. The van der Waals surface area contributed by atoms with Crippen molar-refractivity contribution in [3.63, 3.8) is 0 Å². The molecule has 0 fully saturated rings. The molecule has 0 heterocycles. The topological polar surface area (TPSA) is 52.6 Å². The molecule has 0 saturated carbocycles. The van der Waals surface area contributed by atoms with E-state index in [1.807, 2.05) is 0 Å². The van der Waals surface area contributed by atoms with Crippen LogP contribution in [0.2, 0.25) is 0 Å². The summed E-state index contributed by atoms with van der Waals surface area (Å²) in [6.07, 6.45) is 9.42. The molecular weight excluding hydrogens is 256 g/mol. The zero-order valence-electron chi connectivity index (χ0n) is 13.3. The van der Waals surface area contributed by atoms with Crippen LogP contribution in [0.1, 0.15) is 78.6 Å². The molecule has 4 nitrogen and oxygen atoms in total. The number of ether oxygens (including phenoxy) is 2. The molecular formula is C16H30O4. The van der Waals surface area contributed by atoms with Gasteiger partial charge in [0.2, 0.25) is 0 Å². The first-order valence-electron chi connectivity index (χ1n) is 7.95. The van der Waals surface area contributed by atoms with Crippen molar-refractivity contribution in [3.05, 3.63) is 0 Å². The lowest BCUT2D eigenvalue weighted by atomic mass is 10.1. The number of carbonyl (C=O) groups excluding carboxylic acids is 2. The minimum absolute atomic E-state index is 0.314. The maximum absolute atomic E-state index is 11.6. The van der Waals surface area contributed by atoms with Crippen LogP contribution in [0, 0.1) is 0 Å². The standard InChI is InChI=1S/C16H30O4/c1-4-6-7-8-9-10-11-12-13-15(20-14(3)17)16(18)19-5-2/h15H,4-13H2,1-3H3. The highest BCUT2D eigenvalue weighted by atomic mass is 16.6. The van der Waals surface area contributed by atoms with E-state index >= 15 is 0 Å². The van der Waals surface area contributed by atoms with Crippen LogP contribution in [0.5, 0.6) is 0 Å². The summed E-state index contributed by atoms with van der Waals surface area (Å²) in [6, 6.07) is 0. The molecule has 0 rings (SSSR count). The van der Waals surface area contributed by atoms with E-state index in [0.717, 1.165) is 12.8 Å². The smallest absolute Gasteiger partial charge is 0.347 e. The first kappa shape index (κ1) is 18.9. The largest absolute Gasteiger partial charge is 0.463 e. The normalized spacial score (nSPS) is 11.9. The molecule has 0 aliphatic rings. The third kappa shape index (κ3) is 10.8. The van der Waals surface area contributed by atoms with Crippen molar-refractivity contribution in [3.8, 4) is 0 Å². The number of hydrogen-bond donors (Lipinski definition) is 0. The highest BCUT2D eigenvalue weighted by Crippen LogP contribution is 2.13. The van der Waals surface area contributed by atoms with Crippen LogP contribution in [0.15, 0.2) is 0 Å². The van der Waals surface area contributed by atoms with E-state index in [4.69, 9.17) is 9.47 Å². The maximum atomic E-state index is 11.6. The maximum Gasteiger partial charge on any atom is 0.347 e. The van der Waals surface area contributed by atoms with Gasteiger partial charge in [-0.25, -0.2) is 4.79 Å². The van der Waals surface area contributed by atoms with Gasteiger partial charge < -0.3 is 9.47 Å². The predicted octanol–water partition coefficient (Wildman–Crippen LogP) is 4.01. The molecule has 118 valence electrons. The van der Waals surface area contributed by atoms with Crippen molar-refractivity contribution in [2.45, 2.75) is 84.7 Å². The lowest BCUT2D eigenvalue weighted by Crippen LogP contribution is -2.28. The van der Waals surface area contributed by atoms with Gasteiger partial charge in [-0.3, -0.25) is 4.79 Å². The molecule has 0 aromatic carbocycles. The molecule has 0 aliphatic carbocycles. The van der Waals surface area contributed by atoms with Crippen molar-refractivity contribution in [1.82, 2.24) is 0 Å². The number of rotatable bonds is 12. The van der Waals surface area contributed by atoms with Gasteiger partial charge in [-0.2, -0.15) is 0 Å². The van der Waals surface area contributed by atoms with E-state index in [1.165, 1.54) is 45.4 Å². The third-order valence-corrected chi connectivity index (χ3v) is 3.18. The number of carbonyl (C=O) groups is 2. The van der Waals surface area contributed by atoms with Crippen molar-refractivity contribution >= 4 is 11.9 Å². The molecule has 0 radical (unpaired) electrons. The Kier molecular flexibility index (Phi) is 12.3. The van der Waals surface area contributed by atoms with Gasteiger partial charge in [-0.15, -0.1) is 0 Å². The quantitative estimate of drug-likeness (QED) is 0.402. The zero-order chi connectivity index (χ0) is 15.2. The molecule has 0 aromatic rings. The predicted molar refractivity (Wildman–Crippen MR) is 79.4 cm³/mol. The van der Waals surface area contributed by atoms with Crippen LogP contribution in [-0.2, 0) is 19.1 Å². The first-order chi connectivity index (χ1) is 9.61. The van der Waals surface area contributed by atoms with Gasteiger partial charge in [0.05, 0.1) is 6.61 Å². The highest BCUT2D eigenvalue weighted by Gasteiger charge is 2.22. The van der Waals surface area contributed by atoms with Gasteiger partial charge >= 0.3 is 11.9 Å². The van der Waals surface area contributed by atoms with Crippen LogP contribution in [0.4, 0.5) is 0 Å². The monoisotopic (exact) mass is 286 g/mol. The fourth-order valence-electron chi connectivity index (χ4n) is 2.12. The van der Waals surface area contributed by atoms with Crippen LogP contribution in [0.25, 0.3) is 0 Å². The lowest BCUT2D eigenvalue weighted by molar-refractivity contribution is -0.166. The number of esters is 2. The zero-order valence-corrected chi connectivity index (χ0v) is 13.3. The molecule has 1 atom stereocenters. The molecule has 0 N–H and O–H groups in total. The average Bonchev–Trinajstić information content (AvgIpc) is 2.40. The van der Waals surface area contributed by atoms with Crippen LogP contribution < -0.4 is 0 Å². The van der Waals surface area contributed by atoms with Crippen LogP contribution in [0.3, 0.4) is 0 Å². The van der Waals surface area contributed by atoms with Gasteiger partial charge in [-0.1, -0.05) is 51.9 Å². The fraction of sp³-hybridized carbons (Fsp3) is 0.875. The van der Waals surface area contributed by atoms with Gasteiger partial charge in [0.1, 0.15) is 0 Å². The second-order valence-corrected chi connectivity index (χ2v) is 5.11. The minimum Gasteiger partial charge on any atom is -0.463 e. The Hall–Kier alpha value is -1.06. The molecule has 4 heteroatoms. The molecule has 1 unspecified atom stereocenters. The summed E-state index contributed by atoms with van der Waals surface area (Å²) < 4.78 is 9.92. The summed E-state index contributed by atoms with van der Waals surface area (Å²) in [5, 5.41) is 0. The van der Waals surface area contributed by atoms with E-state index in [9.17, 15) is 9.59 Å².